The number of phenolic OH excluding ortho intramolecular Hbond substituents is 1. The molecule has 3 rings (SSSR count). The molecule has 0 saturated heterocycles. The summed E-state index contributed by atoms with van der Waals surface area (Å²) in [5, 5.41) is 16.4. The van der Waals surface area contributed by atoms with Gasteiger partial charge in [-0.05, 0) is 42.5 Å². The predicted molar refractivity (Wildman–Crippen MR) is 77.6 cm³/mol. The lowest BCUT2D eigenvalue weighted by atomic mass is 9.87. The van der Waals surface area contributed by atoms with Crippen LogP contribution < -0.4 is 5.32 Å². The maximum atomic E-state index is 9.65. The van der Waals surface area contributed by atoms with Crippen molar-refractivity contribution in [1.29, 1.82) is 0 Å². The van der Waals surface area contributed by atoms with Crippen LogP contribution in [-0.2, 0) is 12.8 Å². The minimum absolute atomic E-state index is 0.368. The smallest absolute Gasteiger partial charge is 0.115 e. The molecule has 0 spiro atoms. The van der Waals surface area contributed by atoms with Crippen molar-refractivity contribution >= 4 is 11.3 Å². The largest absolute Gasteiger partial charge is 0.508 e. The van der Waals surface area contributed by atoms with Crippen molar-refractivity contribution in [2.24, 2.45) is 0 Å². The van der Waals surface area contributed by atoms with E-state index >= 15 is 0 Å². The number of aromatic nitrogens is 1. The SMILES string of the molecule is Oc1ccc2c(c1)C(NCCc1nccs1)CCC2. The zero-order valence-electron chi connectivity index (χ0n) is 10.8. The summed E-state index contributed by atoms with van der Waals surface area (Å²) >= 11 is 1.71. The van der Waals surface area contributed by atoms with Gasteiger partial charge in [-0.3, -0.25) is 0 Å². The molecule has 0 radical (unpaired) electrons. The summed E-state index contributed by atoms with van der Waals surface area (Å²) in [6.07, 6.45) is 6.32. The highest BCUT2D eigenvalue weighted by molar-refractivity contribution is 7.09. The second-order valence-corrected chi connectivity index (χ2v) is 5.94. The van der Waals surface area contributed by atoms with Crippen LogP contribution in [0.4, 0.5) is 0 Å². The lowest BCUT2D eigenvalue weighted by Crippen LogP contribution is -2.27. The minimum atomic E-state index is 0.368. The molecule has 1 aromatic heterocycles. The lowest BCUT2D eigenvalue weighted by Gasteiger charge is -2.26. The van der Waals surface area contributed by atoms with Gasteiger partial charge < -0.3 is 10.4 Å². The van der Waals surface area contributed by atoms with E-state index in [0.29, 0.717) is 11.8 Å². The molecule has 2 aromatic rings. The third-order valence-electron chi connectivity index (χ3n) is 3.66. The highest BCUT2D eigenvalue weighted by atomic mass is 32.1. The van der Waals surface area contributed by atoms with Crippen LogP contribution in [-0.4, -0.2) is 16.6 Å². The first-order valence-corrected chi connectivity index (χ1v) is 7.64. The fourth-order valence-electron chi connectivity index (χ4n) is 2.73. The summed E-state index contributed by atoms with van der Waals surface area (Å²) in [6, 6.07) is 6.13. The van der Waals surface area contributed by atoms with E-state index in [-0.39, 0.29) is 0 Å². The minimum Gasteiger partial charge on any atom is -0.508 e. The number of benzene rings is 1. The molecule has 19 heavy (non-hydrogen) atoms. The Balaban J connectivity index is 1.64. The molecule has 0 aliphatic heterocycles. The average molecular weight is 274 g/mol. The van der Waals surface area contributed by atoms with E-state index in [1.807, 2.05) is 17.6 Å². The number of hydrogen-bond donors (Lipinski definition) is 2. The molecule has 0 bridgehead atoms. The van der Waals surface area contributed by atoms with Crippen LogP contribution in [0.1, 0.15) is 35.0 Å². The second kappa shape index (κ2) is 5.72. The zero-order valence-corrected chi connectivity index (χ0v) is 11.6. The first-order chi connectivity index (χ1) is 9.33. The third kappa shape index (κ3) is 2.96. The number of nitrogens with zero attached hydrogens (tertiary/aromatic N) is 1. The Morgan fingerprint density at radius 3 is 3.21 bits per heavy atom. The maximum absolute atomic E-state index is 9.65. The van der Waals surface area contributed by atoms with Crippen molar-refractivity contribution in [2.45, 2.75) is 31.7 Å². The number of aryl methyl sites for hydroxylation is 1. The fourth-order valence-corrected chi connectivity index (χ4v) is 3.35. The Hall–Kier alpha value is -1.39. The molecule has 3 nitrogen and oxygen atoms in total. The van der Waals surface area contributed by atoms with Gasteiger partial charge in [0.2, 0.25) is 0 Å². The molecule has 1 aliphatic rings. The number of nitrogens with one attached hydrogen (secondary N) is 1. The molecule has 0 amide bonds. The second-order valence-electron chi connectivity index (χ2n) is 4.96. The molecule has 2 N–H and O–H groups in total. The van der Waals surface area contributed by atoms with Crippen molar-refractivity contribution in [3.05, 3.63) is 45.9 Å². The number of hydrogen-bond acceptors (Lipinski definition) is 4. The maximum Gasteiger partial charge on any atom is 0.115 e. The summed E-state index contributed by atoms with van der Waals surface area (Å²) in [5.41, 5.74) is 2.64. The van der Waals surface area contributed by atoms with E-state index in [1.54, 1.807) is 17.4 Å². The highest BCUT2D eigenvalue weighted by Gasteiger charge is 2.19. The van der Waals surface area contributed by atoms with Crippen molar-refractivity contribution in [1.82, 2.24) is 10.3 Å². The number of thiazole rings is 1. The van der Waals surface area contributed by atoms with Crippen LogP contribution in [0.3, 0.4) is 0 Å². The highest BCUT2D eigenvalue weighted by Crippen LogP contribution is 2.31. The van der Waals surface area contributed by atoms with Gasteiger partial charge >= 0.3 is 0 Å². The summed E-state index contributed by atoms with van der Waals surface area (Å²) in [4.78, 5) is 4.30. The molecule has 1 aromatic carbocycles. The van der Waals surface area contributed by atoms with Crippen LogP contribution in [0.2, 0.25) is 0 Å². The van der Waals surface area contributed by atoms with Crippen molar-refractivity contribution in [2.75, 3.05) is 6.54 Å². The summed E-state index contributed by atoms with van der Waals surface area (Å²) in [5.74, 6) is 0.368. The quantitative estimate of drug-likeness (QED) is 0.900. The topological polar surface area (TPSA) is 45.1 Å². The molecular formula is C15H18N2OS. The average Bonchev–Trinajstić information content (AvgIpc) is 2.92. The van der Waals surface area contributed by atoms with Gasteiger partial charge in [0.05, 0.1) is 5.01 Å². The first kappa shape index (κ1) is 12.6. The molecule has 1 heterocycles. The standard InChI is InChI=1S/C15H18N2OS/c18-12-5-4-11-2-1-3-14(13(11)10-12)16-7-6-15-17-8-9-19-15/h4-5,8-10,14,16,18H,1-3,6-7H2. The van der Waals surface area contributed by atoms with Crippen molar-refractivity contribution < 1.29 is 5.11 Å². The number of phenols is 1. The van der Waals surface area contributed by atoms with Gasteiger partial charge in [-0.1, -0.05) is 6.07 Å². The predicted octanol–water partition coefficient (Wildman–Crippen LogP) is 3.06. The third-order valence-corrected chi connectivity index (χ3v) is 4.50. The van der Waals surface area contributed by atoms with E-state index in [2.05, 4.69) is 16.4 Å². The fraction of sp³-hybridized carbons (Fsp3) is 0.400. The number of fused-ring (bicyclic) bond motifs is 1. The van der Waals surface area contributed by atoms with Gasteiger partial charge in [-0.25, -0.2) is 4.98 Å². The Labute approximate surface area is 117 Å². The van der Waals surface area contributed by atoms with E-state index in [4.69, 9.17) is 0 Å². The van der Waals surface area contributed by atoms with Gasteiger partial charge in [0.25, 0.3) is 0 Å². The van der Waals surface area contributed by atoms with Crippen LogP contribution in [0.25, 0.3) is 0 Å². The summed E-state index contributed by atoms with van der Waals surface area (Å²) in [6.45, 7) is 0.938. The molecule has 1 aliphatic carbocycles. The molecular weight excluding hydrogens is 256 g/mol. The molecule has 1 atom stereocenters. The van der Waals surface area contributed by atoms with Crippen molar-refractivity contribution in [3.63, 3.8) is 0 Å². The molecule has 4 heteroatoms. The van der Waals surface area contributed by atoms with Gasteiger partial charge in [-0.15, -0.1) is 11.3 Å². The lowest BCUT2D eigenvalue weighted by molar-refractivity contribution is 0.448. The van der Waals surface area contributed by atoms with Crippen LogP contribution in [0, 0.1) is 0 Å². The monoisotopic (exact) mass is 274 g/mol. The first-order valence-electron chi connectivity index (χ1n) is 6.76. The van der Waals surface area contributed by atoms with Crippen LogP contribution in [0.5, 0.6) is 5.75 Å². The van der Waals surface area contributed by atoms with Crippen LogP contribution >= 0.6 is 11.3 Å². The van der Waals surface area contributed by atoms with Crippen LogP contribution in [0.15, 0.2) is 29.8 Å². The van der Waals surface area contributed by atoms with E-state index < -0.39 is 0 Å². The molecule has 100 valence electrons. The summed E-state index contributed by atoms with van der Waals surface area (Å²) < 4.78 is 0. The van der Waals surface area contributed by atoms with Gasteiger partial charge in [0, 0.05) is 30.6 Å². The van der Waals surface area contributed by atoms with Crippen molar-refractivity contribution in [3.8, 4) is 5.75 Å². The molecule has 1 unspecified atom stereocenters. The Kier molecular flexibility index (Phi) is 3.80. The molecule has 0 fully saturated rings. The number of rotatable bonds is 4. The number of aromatic hydroxyl groups is 1. The van der Waals surface area contributed by atoms with Gasteiger partial charge in [0.1, 0.15) is 5.75 Å². The summed E-state index contributed by atoms with van der Waals surface area (Å²) in [7, 11) is 0. The Morgan fingerprint density at radius 2 is 2.37 bits per heavy atom. The normalized spacial score (nSPS) is 18.2. The van der Waals surface area contributed by atoms with E-state index in [9.17, 15) is 5.11 Å². The van der Waals surface area contributed by atoms with Gasteiger partial charge in [-0.2, -0.15) is 0 Å². The van der Waals surface area contributed by atoms with E-state index in [0.717, 1.165) is 25.8 Å². The van der Waals surface area contributed by atoms with E-state index in [1.165, 1.54) is 22.6 Å². The Bertz CT molecular complexity index is 539. The molecule has 0 saturated carbocycles. The zero-order chi connectivity index (χ0) is 13.1. The van der Waals surface area contributed by atoms with Gasteiger partial charge in [0.15, 0.2) is 0 Å². The Morgan fingerprint density at radius 1 is 1.42 bits per heavy atom.